The number of hydrogen-bond donors (Lipinski definition) is 0. The van der Waals surface area contributed by atoms with Crippen molar-refractivity contribution >= 4 is 13.3 Å². The zero-order valence-corrected chi connectivity index (χ0v) is 5.49. The highest BCUT2D eigenvalue weighted by molar-refractivity contribution is 7.58. The van der Waals surface area contributed by atoms with E-state index < -0.39 is 0 Å². The van der Waals surface area contributed by atoms with Gasteiger partial charge in [0.2, 0.25) is 0 Å². The molecule has 0 fully saturated rings. The van der Waals surface area contributed by atoms with Crippen molar-refractivity contribution in [3.8, 4) is 0 Å². The highest BCUT2D eigenvalue weighted by Gasteiger charge is 2.04. The van der Waals surface area contributed by atoms with Gasteiger partial charge in [0.05, 0.1) is 7.55 Å². The van der Waals surface area contributed by atoms with Gasteiger partial charge in [-0.05, 0) is 19.1 Å². The molecule has 1 rings (SSSR count). The van der Waals surface area contributed by atoms with Crippen LogP contribution in [0.1, 0.15) is 6.92 Å². The van der Waals surface area contributed by atoms with E-state index in [0.717, 1.165) is 0 Å². The van der Waals surface area contributed by atoms with Crippen LogP contribution in [0.15, 0.2) is 12.2 Å². The summed E-state index contributed by atoms with van der Waals surface area (Å²) < 4.78 is 0. The lowest BCUT2D eigenvalue weighted by molar-refractivity contribution is 1.50. The molecule has 1 aliphatic rings. The van der Waals surface area contributed by atoms with Crippen LogP contribution in [0.2, 0.25) is 0 Å². The van der Waals surface area contributed by atoms with Crippen molar-refractivity contribution in [3.05, 3.63) is 12.2 Å². The SMILES string of the molecule is CC[P+]1=CC=CC1. The van der Waals surface area contributed by atoms with E-state index in [1.54, 1.807) is 0 Å². The fourth-order valence-corrected chi connectivity index (χ4v) is 2.02. The minimum atomic E-state index is 0.321. The minimum Gasteiger partial charge on any atom is -0.0368 e. The summed E-state index contributed by atoms with van der Waals surface area (Å²) in [6.45, 7) is 2.26. The number of rotatable bonds is 1. The third-order valence-corrected chi connectivity index (χ3v) is 3.27. The maximum Gasteiger partial charge on any atom is 0.125 e. The Morgan fingerprint density at radius 3 is 2.86 bits per heavy atom. The molecule has 0 amide bonds. The van der Waals surface area contributed by atoms with Crippen LogP contribution in [0.3, 0.4) is 0 Å². The van der Waals surface area contributed by atoms with E-state index in [2.05, 4.69) is 24.9 Å². The normalized spacial score (nSPS) is 22.7. The third-order valence-electron chi connectivity index (χ3n) is 1.18. The average molecular weight is 113 g/mol. The molecule has 1 atom stereocenters. The zero-order valence-electron chi connectivity index (χ0n) is 4.59. The predicted molar refractivity (Wildman–Crippen MR) is 37.5 cm³/mol. The first-order chi connectivity index (χ1) is 3.43. The van der Waals surface area contributed by atoms with E-state index in [0.29, 0.717) is 7.55 Å². The molecule has 0 aromatic rings. The predicted octanol–water partition coefficient (Wildman–Crippen LogP) is 1.86. The van der Waals surface area contributed by atoms with E-state index in [9.17, 15) is 0 Å². The van der Waals surface area contributed by atoms with Gasteiger partial charge in [-0.25, -0.2) is 0 Å². The molecular weight excluding hydrogens is 103 g/mol. The van der Waals surface area contributed by atoms with Gasteiger partial charge in [0.25, 0.3) is 0 Å². The smallest absolute Gasteiger partial charge is 0.0368 e. The fourth-order valence-electron chi connectivity index (χ4n) is 0.674. The van der Waals surface area contributed by atoms with Crippen LogP contribution in [-0.4, -0.2) is 18.1 Å². The third kappa shape index (κ3) is 1.14. The Kier molecular flexibility index (Phi) is 1.64. The van der Waals surface area contributed by atoms with Crippen LogP contribution in [-0.2, 0) is 0 Å². The second-order valence-electron chi connectivity index (χ2n) is 1.66. The molecule has 0 bridgehead atoms. The van der Waals surface area contributed by atoms with Crippen molar-refractivity contribution in [3.63, 3.8) is 0 Å². The maximum absolute atomic E-state index is 2.34. The minimum absolute atomic E-state index is 0.321. The monoisotopic (exact) mass is 113 g/mol. The Morgan fingerprint density at radius 1 is 1.71 bits per heavy atom. The van der Waals surface area contributed by atoms with Gasteiger partial charge in [0.1, 0.15) is 18.1 Å². The molecule has 0 nitrogen and oxygen atoms in total. The first-order valence-electron chi connectivity index (χ1n) is 2.67. The first-order valence-corrected chi connectivity index (χ1v) is 4.45. The number of allylic oxidation sites excluding steroid dienone is 2. The van der Waals surface area contributed by atoms with Crippen molar-refractivity contribution in [1.82, 2.24) is 0 Å². The summed E-state index contributed by atoms with van der Waals surface area (Å²) in [6, 6.07) is 0. The summed E-state index contributed by atoms with van der Waals surface area (Å²) in [5, 5.41) is 0. The summed E-state index contributed by atoms with van der Waals surface area (Å²) in [5.74, 6) is 2.34. The second kappa shape index (κ2) is 2.28. The molecule has 0 aromatic carbocycles. The molecule has 0 saturated carbocycles. The Morgan fingerprint density at radius 2 is 2.57 bits per heavy atom. The molecule has 1 unspecified atom stereocenters. The van der Waals surface area contributed by atoms with Crippen LogP contribution >= 0.6 is 7.55 Å². The molecule has 0 aromatic heterocycles. The van der Waals surface area contributed by atoms with E-state index in [1.165, 1.54) is 12.3 Å². The van der Waals surface area contributed by atoms with Crippen molar-refractivity contribution in [2.75, 3.05) is 12.3 Å². The van der Waals surface area contributed by atoms with Crippen molar-refractivity contribution in [1.29, 1.82) is 0 Å². The molecule has 7 heavy (non-hydrogen) atoms. The Hall–Kier alpha value is -0.0900. The molecule has 1 heterocycles. The van der Waals surface area contributed by atoms with Crippen molar-refractivity contribution < 1.29 is 0 Å². The van der Waals surface area contributed by atoms with E-state index in [1.807, 2.05) is 0 Å². The summed E-state index contributed by atoms with van der Waals surface area (Å²) in [7, 11) is 0.321. The standard InChI is InChI=1S/C6H10P/c1-2-7-5-3-4-6-7/h3-5H,2,6H2,1H3/q+1. The van der Waals surface area contributed by atoms with Crippen molar-refractivity contribution in [2.24, 2.45) is 0 Å². The molecule has 1 aliphatic heterocycles. The highest BCUT2D eigenvalue weighted by atomic mass is 31.1. The van der Waals surface area contributed by atoms with E-state index >= 15 is 0 Å². The molecule has 0 radical (unpaired) electrons. The summed E-state index contributed by atoms with van der Waals surface area (Å²) >= 11 is 0. The van der Waals surface area contributed by atoms with Gasteiger partial charge in [0, 0.05) is 0 Å². The molecule has 1 heteroatoms. The lowest BCUT2D eigenvalue weighted by atomic mass is 10.6. The van der Waals surface area contributed by atoms with Gasteiger partial charge in [-0.2, -0.15) is 0 Å². The van der Waals surface area contributed by atoms with Gasteiger partial charge in [-0.15, -0.1) is 0 Å². The Bertz CT molecular complexity index is 111. The van der Waals surface area contributed by atoms with Crippen LogP contribution in [0.25, 0.3) is 0 Å². The van der Waals surface area contributed by atoms with Crippen LogP contribution in [0.5, 0.6) is 0 Å². The van der Waals surface area contributed by atoms with Crippen LogP contribution < -0.4 is 0 Å². The summed E-state index contributed by atoms with van der Waals surface area (Å²) in [4.78, 5) is 0. The molecular formula is C6H10P+. The van der Waals surface area contributed by atoms with Crippen LogP contribution in [0, 0.1) is 0 Å². The van der Waals surface area contributed by atoms with Gasteiger partial charge in [0.15, 0.2) is 0 Å². The van der Waals surface area contributed by atoms with Gasteiger partial charge < -0.3 is 0 Å². The second-order valence-corrected chi connectivity index (χ2v) is 4.14. The van der Waals surface area contributed by atoms with Crippen molar-refractivity contribution in [2.45, 2.75) is 6.92 Å². The summed E-state index contributed by atoms with van der Waals surface area (Å²) in [5.41, 5.74) is 0. The number of hydrogen-bond acceptors (Lipinski definition) is 0. The Labute approximate surface area is 45.6 Å². The fraction of sp³-hybridized carbons (Fsp3) is 0.500. The first kappa shape index (κ1) is 5.05. The largest absolute Gasteiger partial charge is 0.125 e. The van der Waals surface area contributed by atoms with Gasteiger partial charge in [-0.1, -0.05) is 0 Å². The quantitative estimate of drug-likeness (QED) is 0.455. The van der Waals surface area contributed by atoms with Gasteiger partial charge in [-0.3, -0.25) is 0 Å². The summed E-state index contributed by atoms with van der Waals surface area (Å²) in [6.07, 6.45) is 7.15. The lowest BCUT2D eigenvalue weighted by Crippen LogP contribution is -1.67. The van der Waals surface area contributed by atoms with E-state index in [-0.39, 0.29) is 0 Å². The molecule has 38 valence electrons. The van der Waals surface area contributed by atoms with Crippen LogP contribution in [0.4, 0.5) is 0 Å². The zero-order chi connectivity index (χ0) is 5.11. The molecule has 0 aliphatic carbocycles. The van der Waals surface area contributed by atoms with E-state index in [4.69, 9.17) is 0 Å². The molecule has 0 saturated heterocycles. The lowest BCUT2D eigenvalue weighted by Gasteiger charge is -1.74. The highest BCUT2D eigenvalue weighted by Crippen LogP contribution is 2.24. The topological polar surface area (TPSA) is 0 Å². The molecule has 0 spiro atoms. The molecule has 0 N–H and O–H groups in total. The Balaban J connectivity index is 2.45. The maximum atomic E-state index is 2.34. The average Bonchev–Trinajstić information content (AvgIpc) is 2.14. The van der Waals surface area contributed by atoms with Gasteiger partial charge >= 0.3 is 0 Å².